The van der Waals surface area contributed by atoms with Crippen LogP contribution in [0.4, 0.5) is 16.2 Å². The van der Waals surface area contributed by atoms with Crippen LogP contribution in [-0.4, -0.2) is 49.6 Å². The minimum atomic E-state index is -0.374. The lowest BCUT2D eigenvalue weighted by atomic mass is 9.84. The van der Waals surface area contributed by atoms with Crippen LogP contribution in [0.1, 0.15) is 23.4 Å². The second-order valence-corrected chi connectivity index (χ2v) is 8.39. The molecular formula is C24H27ClN4O4. The van der Waals surface area contributed by atoms with Crippen LogP contribution < -0.4 is 20.7 Å². The number of fused-ring (bicyclic) bond motifs is 4. The van der Waals surface area contributed by atoms with E-state index in [-0.39, 0.29) is 36.1 Å². The van der Waals surface area contributed by atoms with Gasteiger partial charge in [0.25, 0.3) is 5.91 Å². The van der Waals surface area contributed by atoms with E-state index in [0.717, 1.165) is 37.9 Å². The van der Waals surface area contributed by atoms with Gasteiger partial charge in [0.15, 0.2) is 5.76 Å². The molecule has 8 nitrogen and oxygen atoms in total. The number of nitrogens with zero attached hydrogens (tertiary/aromatic N) is 1. The Hall–Kier alpha value is -3.23. The summed E-state index contributed by atoms with van der Waals surface area (Å²) in [7, 11) is 1.59. The molecule has 3 aromatic rings. The quantitative estimate of drug-likeness (QED) is 0.515. The first-order chi connectivity index (χ1) is 15.6. The summed E-state index contributed by atoms with van der Waals surface area (Å²) in [4.78, 5) is 27.5. The Kier molecular flexibility index (Phi) is 6.76. The zero-order valence-corrected chi connectivity index (χ0v) is 19.1. The Balaban J connectivity index is 0.00000259. The number of hydrogen-bond acceptors (Lipinski definition) is 5. The van der Waals surface area contributed by atoms with E-state index in [4.69, 9.17) is 9.15 Å². The summed E-state index contributed by atoms with van der Waals surface area (Å²) in [5, 5.41) is 9.51. The lowest BCUT2D eigenvalue weighted by Gasteiger charge is -2.44. The van der Waals surface area contributed by atoms with Crippen LogP contribution in [-0.2, 0) is 0 Å². The van der Waals surface area contributed by atoms with E-state index in [1.807, 2.05) is 6.07 Å². The number of methoxy groups -OCH3 is 1. The number of carbonyl (C=O) groups is 2. The highest BCUT2D eigenvalue weighted by molar-refractivity contribution is 6.01. The zero-order valence-electron chi connectivity index (χ0n) is 18.3. The minimum Gasteiger partial charge on any atom is -0.497 e. The maximum Gasteiger partial charge on any atom is 0.323 e. The van der Waals surface area contributed by atoms with Crippen LogP contribution in [0.25, 0.3) is 11.0 Å². The number of nitrogens with one attached hydrogen (secondary N) is 3. The van der Waals surface area contributed by atoms with Gasteiger partial charge in [-0.05, 0) is 74.3 Å². The second-order valence-electron chi connectivity index (χ2n) is 8.39. The third-order valence-electron chi connectivity index (χ3n) is 6.32. The summed E-state index contributed by atoms with van der Waals surface area (Å²) in [6.07, 6.45) is 2.28. The molecule has 3 aliphatic heterocycles. The molecule has 33 heavy (non-hydrogen) atoms. The van der Waals surface area contributed by atoms with Crippen molar-refractivity contribution in [3.8, 4) is 5.75 Å². The number of furan rings is 1. The molecule has 174 valence electrons. The molecule has 0 radical (unpaired) electrons. The smallest absolute Gasteiger partial charge is 0.323 e. The summed E-state index contributed by atoms with van der Waals surface area (Å²) in [6.45, 7) is 3.17. The maximum atomic E-state index is 12.8. The van der Waals surface area contributed by atoms with Gasteiger partial charge in [-0.2, -0.15) is 0 Å². The maximum absolute atomic E-state index is 12.8. The van der Waals surface area contributed by atoms with Crippen LogP contribution in [0, 0.1) is 5.92 Å². The molecule has 9 heteroatoms. The van der Waals surface area contributed by atoms with Gasteiger partial charge in [0.1, 0.15) is 11.3 Å². The first kappa shape index (κ1) is 22.9. The van der Waals surface area contributed by atoms with Crippen LogP contribution in [0.2, 0.25) is 0 Å². The predicted octanol–water partition coefficient (Wildman–Crippen LogP) is 4.33. The number of benzene rings is 2. The molecule has 3 saturated heterocycles. The number of rotatable bonds is 5. The number of urea groups is 1. The predicted molar refractivity (Wildman–Crippen MR) is 130 cm³/mol. The standard InChI is InChI=1S/C24H26N4O4.ClH/c1-31-19-6-4-17(5-7-19)25-24(30)26-18-3-2-16-12-22(32-21(16)13-18)23(29)27-20-14-28-10-8-15(20)9-11-28;/h2-7,12-13,15,20H,8-11,14H2,1H3,(H,27,29)(H2,25,26,30);1H/t20-;/m0./s1. The molecule has 3 fully saturated rings. The van der Waals surface area contributed by atoms with Gasteiger partial charge in [-0.15, -0.1) is 12.4 Å². The monoisotopic (exact) mass is 470 g/mol. The highest BCUT2D eigenvalue weighted by atomic mass is 35.5. The van der Waals surface area contributed by atoms with Crippen molar-refractivity contribution >= 4 is 46.7 Å². The molecule has 1 aromatic heterocycles. The molecule has 0 aliphatic carbocycles. The fourth-order valence-corrected chi connectivity index (χ4v) is 4.56. The third-order valence-corrected chi connectivity index (χ3v) is 6.32. The fourth-order valence-electron chi connectivity index (χ4n) is 4.56. The number of ether oxygens (including phenoxy) is 1. The van der Waals surface area contributed by atoms with Crippen molar-refractivity contribution in [2.45, 2.75) is 18.9 Å². The van der Waals surface area contributed by atoms with E-state index < -0.39 is 0 Å². The summed E-state index contributed by atoms with van der Waals surface area (Å²) in [6, 6.07) is 13.9. The van der Waals surface area contributed by atoms with Crippen molar-refractivity contribution in [2.24, 2.45) is 5.92 Å². The molecule has 3 amide bonds. The first-order valence-electron chi connectivity index (χ1n) is 10.9. The molecular weight excluding hydrogens is 444 g/mol. The Morgan fingerprint density at radius 2 is 1.70 bits per heavy atom. The van der Waals surface area contributed by atoms with Gasteiger partial charge in [0.05, 0.1) is 7.11 Å². The van der Waals surface area contributed by atoms with Gasteiger partial charge in [-0.3, -0.25) is 4.79 Å². The number of amides is 3. The molecule has 3 N–H and O–H groups in total. The molecule has 2 aromatic carbocycles. The highest BCUT2D eigenvalue weighted by Crippen LogP contribution is 2.28. The number of carbonyl (C=O) groups excluding carboxylic acids is 2. The summed E-state index contributed by atoms with van der Waals surface area (Å²) in [5.74, 6) is 1.36. The Morgan fingerprint density at radius 1 is 1.00 bits per heavy atom. The molecule has 2 bridgehead atoms. The number of piperidine rings is 3. The average molecular weight is 471 g/mol. The van der Waals surface area contributed by atoms with Crippen molar-refractivity contribution in [1.29, 1.82) is 0 Å². The van der Waals surface area contributed by atoms with E-state index in [0.29, 0.717) is 28.6 Å². The average Bonchev–Trinajstić information content (AvgIpc) is 3.24. The van der Waals surface area contributed by atoms with Crippen molar-refractivity contribution < 1.29 is 18.7 Å². The van der Waals surface area contributed by atoms with E-state index in [1.165, 1.54) is 0 Å². The number of halogens is 1. The van der Waals surface area contributed by atoms with Gasteiger partial charge in [0.2, 0.25) is 0 Å². The SMILES string of the molecule is COc1ccc(NC(=O)Nc2ccc3cc(C(=O)N[C@H]4CN5CCC4CC5)oc3c2)cc1.Cl. The van der Waals surface area contributed by atoms with E-state index in [9.17, 15) is 9.59 Å². The van der Waals surface area contributed by atoms with Crippen LogP contribution in [0.3, 0.4) is 0 Å². The lowest BCUT2D eigenvalue weighted by molar-refractivity contribution is 0.0607. The number of anilines is 2. The second kappa shape index (κ2) is 9.72. The first-order valence-corrected chi connectivity index (χ1v) is 10.9. The van der Waals surface area contributed by atoms with Crippen LogP contribution in [0.15, 0.2) is 52.9 Å². The van der Waals surface area contributed by atoms with Gasteiger partial charge in [0, 0.05) is 35.4 Å². The molecule has 4 heterocycles. The molecule has 1 atom stereocenters. The van der Waals surface area contributed by atoms with E-state index in [1.54, 1.807) is 49.6 Å². The van der Waals surface area contributed by atoms with Crippen LogP contribution >= 0.6 is 12.4 Å². The van der Waals surface area contributed by atoms with Crippen LogP contribution in [0.5, 0.6) is 5.75 Å². The van der Waals surface area contributed by atoms with Crippen molar-refractivity contribution in [3.05, 3.63) is 54.3 Å². The topological polar surface area (TPSA) is 95.8 Å². The lowest BCUT2D eigenvalue weighted by Crippen LogP contribution is -2.57. The van der Waals surface area contributed by atoms with Gasteiger partial charge >= 0.3 is 6.03 Å². The highest BCUT2D eigenvalue weighted by Gasteiger charge is 2.35. The third kappa shape index (κ3) is 5.07. The zero-order chi connectivity index (χ0) is 22.1. The fraction of sp³-hybridized carbons (Fsp3) is 0.333. The summed E-state index contributed by atoms with van der Waals surface area (Å²) in [5.41, 5.74) is 1.77. The normalized spacial score (nSPS) is 21.2. The molecule has 3 aliphatic rings. The van der Waals surface area contributed by atoms with E-state index >= 15 is 0 Å². The Bertz CT molecular complexity index is 1140. The van der Waals surface area contributed by atoms with Gasteiger partial charge in [-0.1, -0.05) is 0 Å². The summed E-state index contributed by atoms with van der Waals surface area (Å²) >= 11 is 0. The molecule has 0 unspecified atom stereocenters. The molecule has 0 saturated carbocycles. The van der Waals surface area contributed by atoms with E-state index in [2.05, 4.69) is 20.9 Å². The van der Waals surface area contributed by atoms with Crippen molar-refractivity contribution in [1.82, 2.24) is 10.2 Å². The van der Waals surface area contributed by atoms with Gasteiger partial charge < -0.3 is 30.0 Å². The Labute approximate surface area is 198 Å². The Morgan fingerprint density at radius 3 is 2.36 bits per heavy atom. The van der Waals surface area contributed by atoms with Crippen molar-refractivity contribution in [3.63, 3.8) is 0 Å². The number of hydrogen-bond donors (Lipinski definition) is 3. The molecule has 0 spiro atoms. The largest absolute Gasteiger partial charge is 0.497 e. The molecule has 6 rings (SSSR count). The summed E-state index contributed by atoms with van der Waals surface area (Å²) < 4.78 is 10.9. The van der Waals surface area contributed by atoms with Gasteiger partial charge in [-0.25, -0.2) is 4.79 Å². The van der Waals surface area contributed by atoms with Crippen molar-refractivity contribution in [2.75, 3.05) is 37.4 Å². The minimum absolute atomic E-state index is 0.